The van der Waals surface area contributed by atoms with E-state index in [0.29, 0.717) is 23.8 Å². The van der Waals surface area contributed by atoms with Crippen molar-refractivity contribution in [2.75, 3.05) is 6.54 Å². The van der Waals surface area contributed by atoms with Gasteiger partial charge in [-0.3, -0.25) is 4.99 Å². The molecule has 2 unspecified atom stereocenters. The minimum absolute atomic E-state index is 0.525. The standard InChI is InChI=1S/C28H29BrN2/c29-25-10-3-1-6-20(25)9-5-8-19-12-15-23-24-18-30-17-16-27(24)31-26-11-4-2-7-21(26)13-14-22(19)28(23)31/h1-3,5-7,9-10,13,16-17,19,23-24,26H,4,8,11-12,14-15,18H2/t19?,23-,24-,26?/m1/s1. The third kappa shape index (κ3) is 3.33. The van der Waals surface area contributed by atoms with E-state index in [1.807, 2.05) is 6.21 Å². The molecule has 1 aromatic carbocycles. The second kappa shape index (κ2) is 8.09. The lowest BCUT2D eigenvalue weighted by molar-refractivity contribution is 0.319. The van der Waals surface area contributed by atoms with Crippen molar-refractivity contribution in [2.45, 2.75) is 44.6 Å². The van der Waals surface area contributed by atoms with Crippen molar-refractivity contribution in [3.63, 3.8) is 0 Å². The van der Waals surface area contributed by atoms with Crippen LogP contribution in [0.15, 0.2) is 86.7 Å². The Hall–Kier alpha value is -2.13. The van der Waals surface area contributed by atoms with Gasteiger partial charge in [0.25, 0.3) is 0 Å². The summed E-state index contributed by atoms with van der Waals surface area (Å²) in [4.78, 5) is 7.45. The minimum atomic E-state index is 0.525. The molecule has 3 aliphatic heterocycles. The Balaban J connectivity index is 1.36. The zero-order valence-corrected chi connectivity index (χ0v) is 19.5. The van der Waals surface area contributed by atoms with Crippen LogP contribution in [0.25, 0.3) is 6.08 Å². The monoisotopic (exact) mass is 472 g/mol. The van der Waals surface area contributed by atoms with Crippen LogP contribution in [0.2, 0.25) is 0 Å². The number of allylic oxidation sites excluding steroid dienone is 6. The SMILES string of the molecule is Brc1ccccc1C=CCC1CC[C@H]2C3=C1CC=C1C=CCCC1N3C1=CC=NC[C@@H]12. The van der Waals surface area contributed by atoms with Gasteiger partial charge < -0.3 is 4.90 Å². The quantitative estimate of drug-likeness (QED) is 0.458. The molecule has 158 valence electrons. The van der Waals surface area contributed by atoms with Crippen molar-refractivity contribution in [3.05, 3.63) is 87.2 Å². The van der Waals surface area contributed by atoms with Gasteiger partial charge in [-0.2, -0.15) is 0 Å². The average molecular weight is 473 g/mol. The Bertz CT molecular complexity index is 1070. The van der Waals surface area contributed by atoms with Gasteiger partial charge >= 0.3 is 0 Å². The van der Waals surface area contributed by atoms with E-state index in [-0.39, 0.29) is 0 Å². The number of halogens is 1. The first-order valence-electron chi connectivity index (χ1n) is 11.8. The molecule has 0 aromatic heterocycles. The number of nitrogens with zero attached hydrogens (tertiary/aromatic N) is 2. The van der Waals surface area contributed by atoms with E-state index in [4.69, 9.17) is 0 Å². The molecule has 2 nitrogen and oxygen atoms in total. The smallest absolute Gasteiger partial charge is 0.0585 e. The van der Waals surface area contributed by atoms with Crippen LogP contribution in [0.5, 0.6) is 0 Å². The molecule has 0 N–H and O–H groups in total. The van der Waals surface area contributed by atoms with E-state index in [1.165, 1.54) is 41.3 Å². The van der Waals surface area contributed by atoms with Gasteiger partial charge in [0, 0.05) is 40.5 Å². The van der Waals surface area contributed by atoms with E-state index in [9.17, 15) is 0 Å². The summed E-state index contributed by atoms with van der Waals surface area (Å²) in [7, 11) is 0. The van der Waals surface area contributed by atoms with Crippen LogP contribution in [-0.4, -0.2) is 23.7 Å². The number of dihydropyridines is 1. The summed E-state index contributed by atoms with van der Waals surface area (Å²) in [6, 6.07) is 9.02. The molecule has 1 aromatic rings. The first-order chi connectivity index (χ1) is 15.3. The molecule has 1 fully saturated rings. The van der Waals surface area contributed by atoms with E-state index in [2.05, 4.69) is 86.5 Å². The highest BCUT2D eigenvalue weighted by Crippen LogP contribution is 2.55. The van der Waals surface area contributed by atoms with Gasteiger partial charge in [0.05, 0.1) is 6.04 Å². The van der Waals surface area contributed by atoms with Crippen molar-refractivity contribution < 1.29 is 0 Å². The highest BCUT2D eigenvalue weighted by atomic mass is 79.9. The molecule has 0 amide bonds. The van der Waals surface area contributed by atoms with Gasteiger partial charge in [0.1, 0.15) is 0 Å². The number of benzene rings is 1. The van der Waals surface area contributed by atoms with Gasteiger partial charge in [-0.25, -0.2) is 0 Å². The molecule has 4 atom stereocenters. The fourth-order valence-corrected chi connectivity index (χ4v) is 6.84. The summed E-state index contributed by atoms with van der Waals surface area (Å²) in [5, 5.41) is 0. The highest BCUT2D eigenvalue weighted by molar-refractivity contribution is 9.10. The molecular weight excluding hydrogens is 444 g/mol. The van der Waals surface area contributed by atoms with E-state index < -0.39 is 0 Å². The van der Waals surface area contributed by atoms with Gasteiger partial charge in [0.2, 0.25) is 0 Å². The molecule has 6 rings (SSSR count). The molecular formula is C28H29BrN2. The molecule has 0 spiro atoms. The third-order valence-electron chi connectivity index (χ3n) is 7.85. The molecule has 3 heteroatoms. The van der Waals surface area contributed by atoms with Crippen LogP contribution in [-0.2, 0) is 0 Å². The fraction of sp³-hybridized carbons (Fsp3) is 0.393. The van der Waals surface area contributed by atoms with Gasteiger partial charge in [-0.1, -0.05) is 64.5 Å². The Morgan fingerprint density at radius 3 is 3.00 bits per heavy atom. The van der Waals surface area contributed by atoms with Crippen LogP contribution in [0.1, 0.15) is 44.1 Å². The Morgan fingerprint density at radius 2 is 2.06 bits per heavy atom. The summed E-state index contributed by atoms with van der Waals surface area (Å²) in [5.41, 5.74) is 7.73. The number of aliphatic imine (C=N–C) groups is 1. The van der Waals surface area contributed by atoms with Crippen LogP contribution in [0.3, 0.4) is 0 Å². The van der Waals surface area contributed by atoms with Crippen molar-refractivity contribution in [1.29, 1.82) is 0 Å². The summed E-state index contributed by atoms with van der Waals surface area (Å²) in [6.07, 6.45) is 23.6. The highest BCUT2D eigenvalue weighted by Gasteiger charge is 2.49. The van der Waals surface area contributed by atoms with Crippen molar-refractivity contribution >= 4 is 28.2 Å². The molecule has 3 heterocycles. The molecule has 0 bridgehead atoms. The molecule has 5 aliphatic rings. The minimum Gasteiger partial charge on any atom is -0.341 e. The zero-order chi connectivity index (χ0) is 20.8. The zero-order valence-electron chi connectivity index (χ0n) is 17.9. The maximum Gasteiger partial charge on any atom is 0.0585 e. The van der Waals surface area contributed by atoms with Gasteiger partial charge in [-0.15, -0.1) is 0 Å². The predicted octanol–water partition coefficient (Wildman–Crippen LogP) is 7.08. The molecule has 2 aliphatic carbocycles. The number of fused-ring (bicyclic) bond motifs is 5. The third-order valence-corrected chi connectivity index (χ3v) is 8.57. The molecule has 31 heavy (non-hydrogen) atoms. The second-order valence-corrected chi connectivity index (χ2v) is 10.3. The maximum absolute atomic E-state index is 4.67. The first kappa shape index (κ1) is 19.5. The number of hydrogen-bond donors (Lipinski definition) is 0. The van der Waals surface area contributed by atoms with Crippen molar-refractivity contribution in [1.82, 2.24) is 4.90 Å². The van der Waals surface area contributed by atoms with Gasteiger partial charge in [-0.05, 0) is 73.3 Å². The molecule has 1 saturated heterocycles. The lowest BCUT2D eigenvalue weighted by atomic mass is 9.74. The normalized spacial score (nSPS) is 31.2. The van der Waals surface area contributed by atoms with Crippen LogP contribution >= 0.6 is 15.9 Å². The van der Waals surface area contributed by atoms with Crippen molar-refractivity contribution in [3.8, 4) is 0 Å². The summed E-state index contributed by atoms with van der Waals surface area (Å²) >= 11 is 3.68. The maximum atomic E-state index is 4.67. The van der Waals surface area contributed by atoms with E-state index in [0.717, 1.165) is 19.4 Å². The summed E-state index contributed by atoms with van der Waals surface area (Å²) in [5.74, 6) is 1.91. The Morgan fingerprint density at radius 1 is 1.13 bits per heavy atom. The van der Waals surface area contributed by atoms with Crippen molar-refractivity contribution in [2.24, 2.45) is 22.7 Å². The summed E-state index contributed by atoms with van der Waals surface area (Å²) < 4.78 is 1.17. The molecule has 0 saturated carbocycles. The van der Waals surface area contributed by atoms with Gasteiger partial charge in [0.15, 0.2) is 0 Å². The van der Waals surface area contributed by atoms with E-state index in [1.54, 1.807) is 17.0 Å². The largest absolute Gasteiger partial charge is 0.341 e. The topological polar surface area (TPSA) is 15.6 Å². The molecule has 0 radical (unpaired) electrons. The lowest BCUT2D eigenvalue weighted by Crippen LogP contribution is -2.34. The fourth-order valence-electron chi connectivity index (χ4n) is 6.43. The second-order valence-electron chi connectivity index (χ2n) is 9.44. The number of hydrogen-bond acceptors (Lipinski definition) is 2. The number of rotatable bonds is 3. The van der Waals surface area contributed by atoms with E-state index >= 15 is 0 Å². The first-order valence-corrected chi connectivity index (χ1v) is 12.6. The Kier molecular flexibility index (Phi) is 5.10. The predicted molar refractivity (Wildman–Crippen MR) is 133 cm³/mol. The summed E-state index contributed by atoms with van der Waals surface area (Å²) in [6.45, 7) is 0.970. The van der Waals surface area contributed by atoms with Crippen LogP contribution in [0.4, 0.5) is 0 Å². The van der Waals surface area contributed by atoms with Crippen LogP contribution < -0.4 is 0 Å². The lowest BCUT2D eigenvalue weighted by Gasteiger charge is -2.37. The Labute approximate surface area is 194 Å². The average Bonchev–Trinajstić information content (AvgIpc) is 3.03. The van der Waals surface area contributed by atoms with Crippen LogP contribution in [0, 0.1) is 17.8 Å².